The number of hydrogen-bond donors (Lipinski definition) is 1. The Kier molecular flexibility index (Phi) is 3.40. The van der Waals surface area contributed by atoms with Gasteiger partial charge in [0.1, 0.15) is 0 Å². The molecule has 0 aliphatic carbocycles. The van der Waals surface area contributed by atoms with Crippen LogP contribution in [0.15, 0.2) is 0 Å². The number of aromatic nitrogens is 1. The molecule has 0 aliphatic rings. The fourth-order valence-electron chi connectivity index (χ4n) is 0.956. The van der Waals surface area contributed by atoms with Gasteiger partial charge in [-0.1, -0.05) is 6.92 Å². The van der Waals surface area contributed by atoms with E-state index in [4.69, 9.17) is 0 Å². The molecule has 0 aliphatic heterocycles. The summed E-state index contributed by atoms with van der Waals surface area (Å²) in [7, 11) is 0. The largest absolute Gasteiger partial charge is 0.246 e. The van der Waals surface area contributed by atoms with Crippen molar-refractivity contribution in [1.82, 2.24) is 4.98 Å². The van der Waals surface area contributed by atoms with Gasteiger partial charge in [0.25, 0.3) is 0 Å². The molecule has 0 saturated heterocycles. The molecular formula is C8H13NS2. The van der Waals surface area contributed by atoms with E-state index >= 15 is 0 Å². The first-order chi connectivity index (χ1) is 5.27. The van der Waals surface area contributed by atoms with Gasteiger partial charge in [0.15, 0.2) is 0 Å². The molecular weight excluding hydrogens is 174 g/mol. The van der Waals surface area contributed by atoms with E-state index in [-0.39, 0.29) is 0 Å². The lowest BCUT2D eigenvalue weighted by Gasteiger charge is -1.86. The van der Waals surface area contributed by atoms with Crippen LogP contribution in [0.1, 0.15) is 28.9 Å². The number of thiol groups is 1. The molecule has 3 heteroatoms. The number of nitrogens with zero attached hydrogens (tertiary/aromatic N) is 1. The SMILES string of the molecule is CCCc1nc(C)c(CS)s1. The third-order valence-electron chi connectivity index (χ3n) is 1.54. The molecule has 1 aromatic heterocycles. The maximum absolute atomic E-state index is 4.44. The summed E-state index contributed by atoms with van der Waals surface area (Å²) in [6.07, 6.45) is 2.29. The van der Waals surface area contributed by atoms with Gasteiger partial charge in [0.2, 0.25) is 0 Å². The monoisotopic (exact) mass is 187 g/mol. The molecule has 0 bridgehead atoms. The zero-order chi connectivity index (χ0) is 8.27. The van der Waals surface area contributed by atoms with E-state index in [0.29, 0.717) is 0 Å². The average molecular weight is 187 g/mol. The van der Waals surface area contributed by atoms with E-state index in [2.05, 4.69) is 31.5 Å². The first kappa shape index (κ1) is 9.07. The third kappa shape index (κ3) is 2.20. The number of rotatable bonds is 3. The van der Waals surface area contributed by atoms with Crippen molar-refractivity contribution in [1.29, 1.82) is 0 Å². The van der Waals surface area contributed by atoms with E-state index in [1.54, 1.807) is 11.3 Å². The van der Waals surface area contributed by atoms with Crippen LogP contribution in [0.3, 0.4) is 0 Å². The Labute approximate surface area is 77.3 Å². The van der Waals surface area contributed by atoms with Gasteiger partial charge in [-0.25, -0.2) is 4.98 Å². The zero-order valence-corrected chi connectivity index (χ0v) is 8.63. The molecule has 0 radical (unpaired) electrons. The fourth-order valence-corrected chi connectivity index (χ4v) is 2.41. The van der Waals surface area contributed by atoms with Crippen molar-refractivity contribution < 1.29 is 0 Å². The number of hydrogen-bond acceptors (Lipinski definition) is 3. The Balaban J connectivity index is 2.77. The van der Waals surface area contributed by atoms with Gasteiger partial charge in [0, 0.05) is 10.6 Å². The van der Waals surface area contributed by atoms with Crippen LogP contribution >= 0.6 is 24.0 Å². The minimum Gasteiger partial charge on any atom is -0.246 e. The summed E-state index contributed by atoms with van der Waals surface area (Å²) >= 11 is 6.03. The predicted octanol–water partition coefficient (Wildman–Crippen LogP) is 2.83. The minimum absolute atomic E-state index is 0.827. The lowest BCUT2D eigenvalue weighted by Crippen LogP contribution is -1.80. The quantitative estimate of drug-likeness (QED) is 0.718. The highest BCUT2D eigenvalue weighted by Gasteiger charge is 2.03. The van der Waals surface area contributed by atoms with Crippen LogP contribution in [0, 0.1) is 6.92 Å². The Morgan fingerprint density at radius 3 is 2.73 bits per heavy atom. The second kappa shape index (κ2) is 4.12. The first-order valence-corrected chi connectivity index (χ1v) is 5.28. The second-order valence-electron chi connectivity index (χ2n) is 2.52. The standard InChI is InChI=1S/C8H13NS2/c1-3-4-8-9-6(2)7(5-10)11-8/h10H,3-5H2,1-2H3. The van der Waals surface area contributed by atoms with Crippen LogP contribution < -0.4 is 0 Å². The molecule has 0 aromatic carbocycles. The molecule has 0 atom stereocenters. The second-order valence-corrected chi connectivity index (χ2v) is 4.01. The van der Waals surface area contributed by atoms with Crippen molar-refractivity contribution in [3.05, 3.63) is 15.6 Å². The molecule has 1 heterocycles. The van der Waals surface area contributed by atoms with Gasteiger partial charge >= 0.3 is 0 Å². The molecule has 0 N–H and O–H groups in total. The van der Waals surface area contributed by atoms with E-state index < -0.39 is 0 Å². The molecule has 0 saturated carbocycles. The van der Waals surface area contributed by atoms with Crippen LogP contribution in [0.4, 0.5) is 0 Å². The third-order valence-corrected chi connectivity index (χ3v) is 3.29. The Morgan fingerprint density at radius 1 is 1.55 bits per heavy atom. The molecule has 1 aromatic rings. The fraction of sp³-hybridized carbons (Fsp3) is 0.625. The van der Waals surface area contributed by atoms with Crippen molar-refractivity contribution >= 4 is 24.0 Å². The Morgan fingerprint density at radius 2 is 2.27 bits per heavy atom. The summed E-state index contributed by atoms with van der Waals surface area (Å²) in [6.45, 7) is 4.23. The normalized spacial score (nSPS) is 10.5. The maximum atomic E-state index is 4.44. The Bertz CT molecular complexity index is 230. The summed E-state index contributed by atoms with van der Waals surface area (Å²) in [6, 6.07) is 0. The average Bonchev–Trinajstić information content (AvgIpc) is 2.32. The van der Waals surface area contributed by atoms with E-state index in [0.717, 1.165) is 17.9 Å². The molecule has 0 unspecified atom stereocenters. The van der Waals surface area contributed by atoms with Crippen LogP contribution in [0.2, 0.25) is 0 Å². The number of thiazole rings is 1. The summed E-state index contributed by atoms with van der Waals surface area (Å²) < 4.78 is 0. The van der Waals surface area contributed by atoms with Gasteiger partial charge in [-0.05, 0) is 19.8 Å². The highest BCUT2D eigenvalue weighted by molar-refractivity contribution is 7.79. The van der Waals surface area contributed by atoms with Crippen LogP contribution in [0.25, 0.3) is 0 Å². The molecule has 0 fully saturated rings. The van der Waals surface area contributed by atoms with Crippen molar-refractivity contribution in [2.45, 2.75) is 32.4 Å². The van der Waals surface area contributed by atoms with Gasteiger partial charge in [0.05, 0.1) is 10.7 Å². The van der Waals surface area contributed by atoms with Crippen molar-refractivity contribution in [2.75, 3.05) is 0 Å². The van der Waals surface area contributed by atoms with Gasteiger partial charge in [-0.15, -0.1) is 11.3 Å². The zero-order valence-electron chi connectivity index (χ0n) is 6.92. The van der Waals surface area contributed by atoms with Crippen molar-refractivity contribution in [3.8, 4) is 0 Å². The molecule has 1 nitrogen and oxygen atoms in total. The lowest BCUT2D eigenvalue weighted by atomic mass is 10.3. The molecule has 1 rings (SSSR count). The Hall–Kier alpha value is -0.0200. The topological polar surface area (TPSA) is 12.9 Å². The molecule has 0 amide bonds. The maximum Gasteiger partial charge on any atom is 0.0931 e. The van der Waals surface area contributed by atoms with Gasteiger partial charge in [-0.2, -0.15) is 12.6 Å². The van der Waals surface area contributed by atoms with Crippen LogP contribution in [-0.2, 0) is 12.2 Å². The highest BCUT2D eigenvalue weighted by Crippen LogP contribution is 2.20. The highest BCUT2D eigenvalue weighted by atomic mass is 32.1. The predicted molar refractivity (Wildman–Crippen MR) is 53.5 cm³/mol. The van der Waals surface area contributed by atoms with Gasteiger partial charge < -0.3 is 0 Å². The van der Waals surface area contributed by atoms with Crippen molar-refractivity contribution in [3.63, 3.8) is 0 Å². The summed E-state index contributed by atoms with van der Waals surface area (Å²) in [5, 5.41) is 1.26. The molecule has 11 heavy (non-hydrogen) atoms. The molecule has 62 valence electrons. The van der Waals surface area contributed by atoms with Crippen molar-refractivity contribution in [2.24, 2.45) is 0 Å². The smallest absolute Gasteiger partial charge is 0.0931 e. The lowest BCUT2D eigenvalue weighted by molar-refractivity contribution is 0.902. The van der Waals surface area contributed by atoms with Gasteiger partial charge in [-0.3, -0.25) is 0 Å². The van der Waals surface area contributed by atoms with Crippen LogP contribution in [0.5, 0.6) is 0 Å². The van der Waals surface area contributed by atoms with E-state index in [1.165, 1.54) is 16.3 Å². The van der Waals surface area contributed by atoms with Crippen LogP contribution in [-0.4, -0.2) is 4.98 Å². The van der Waals surface area contributed by atoms with E-state index in [1.807, 2.05) is 0 Å². The summed E-state index contributed by atoms with van der Waals surface area (Å²) in [5.74, 6) is 0.827. The summed E-state index contributed by atoms with van der Waals surface area (Å²) in [5.41, 5.74) is 1.16. The van der Waals surface area contributed by atoms with E-state index in [9.17, 15) is 0 Å². The first-order valence-electron chi connectivity index (χ1n) is 3.84. The molecule has 0 spiro atoms. The number of aryl methyl sites for hydroxylation is 2. The summed E-state index contributed by atoms with van der Waals surface area (Å²) in [4.78, 5) is 5.76. The minimum atomic E-state index is 0.827.